The maximum absolute atomic E-state index is 3.79. The lowest BCUT2D eigenvalue weighted by molar-refractivity contribution is 0.245. The normalized spacial score (nSPS) is 16.5. The monoisotopic (exact) mass is 215 g/mol. The Bertz CT molecular complexity index is 296. The van der Waals surface area contributed by atoms with Crippen LogP contribution in [0.4, 0.5) is 0 Å². The predicted octanol–water partition coefficient (Wildman–Crippen LogP) is -0.0724. The van der Waals surface area contributed by atoms with Crippen molar-refractivity contribution >= 4 is 21.6 Å². The van der Waals surface area contributed by atoms with E-state index in [-0.39, 0.29) is 0 Å². The van der Waals surface area contributed by atoms with E-state index in [4.69, 9.17) is 0 Å². The van der Waals surface area contributed by atoms with Gasteiger partial charge in [0.2, 0.25) is 0 Å². The van der Waals surface area contributed by atoms with Crippen LogP contribution in [0.25, 0.3) is 0 Å². The van der Waals surface area contributed by atoms with Crippen molar-refractivity contribution in [3.63, 3.8) is 0 Å². The van der Waals surface area contributed by atoms with Crippen LogP contribution in [0.15, 0.2) is 22.5 Å². The van der Waals surface area contributed by atoms with Crippen molar-refractivity contribution in [3.05, 3.63) is 17.4 Å². The van der Waals surface area contributed by atoms with Gasteiger partial charge in [0.15, 0.2) is 0 Å². The Morgan fingerprint density at radius 2 is 2.46 bits per heavy atom. The summed E-state index contributed by atoms with van der Waals surface area (Å²) in [6, 6.07) is 0. The standard InChI is InChI=1S/C5H7N6S2/c1-11-7-3-5(9-11)13-12-4-2-6-10-8-4/h2-3,7,9H,1H3/q-1. The van der Waals surface area contributed by atoms with Gasteiger partial charge in [0, 0.05) is 19.4 Å². The highest BCUT2D eigenvalue weighted by Gasteiger charge is 2.08. The van der Waals surface area contributed by atoms with E-state index in [0.29, 0.717) is 0 Å². The van der Waals surface area contributed by atoms with Crippen LogP contribution in [0.2, 0.25) is 0 Å². The second-order valence-electron chi connectivity index (χ2n) is 2.25. The van der Waals surface area contributed by atoms with E-state index in [1.165, 1.54) is 10.8 Å². The summed E-state index contributed by atoms with van der Waals surface area (Å²) < 4.78 is 0. The van der Waals surface area contributed by atoms with E-state index in [2.05, 4.69) is 26.3 Å². The molecule has 0 bridgehead atoms. The first-order valence-electron chi connectivity index (χ1n) is 3.47. The molecular formula is C5H7N6S2-. The molecule has 2 heterocycles. The summed E-state index contributed by atoms with van der Waals surface area (Å²) in [5.74, 6) is 0. The number of hydrogen-bond acceptors (Lipinski definition) is 7. The maximum Gasteiger partial charge on any atom is 0.113 e. The first-order chi connectivity index (χ1) is 6.34. The molecule has 0 radical (unpaired) electrons. The molecule has 0 aliphatic carbocycles. The third kappa shape index (κ3) is 2.29. The summed E-state index contributed by atoms with van der Waals surface area (Å²) in [6.45, 7) is 0. The van der Waals surface area contributed by atoms with Crippen LogP contribution in [0, 0.1) is 0 Å². The van der Waals surface area contributed by atoms with Crippen LogP contribution in [-0.2, 0) is 0 Å². The van der Waals surface area contributed by atoms with Gasteiger partial charge in [-0.3, -0.25) is 5.43 Å². The molecule has 2 N–H and O–H groups in total. The van der Waals surface area contributed by atoms with Crippen molar-refractivity contribution in [1.29, 1.82) is 0 Å². The third-order valence-corrected chi connectivity index (χ3v) is 3.38. The molecule has 0 spiro atoms. The third-order valence-electron chi connectivity index (χ3n) is 1.25. The fourth-order valence-electron chi connectivity index (χ4n) is 0.725. The number of hydrogen-bond donors (Lipinski definition) is 2. The van der Waals surface area contributed by atoms with E-state index in [1.54, 1.807) is 22.1 Å². The summed E-state index contributed by atoms with van der Waals surface area (Å²) in [4.78, 5) is 0. The highest BCUT2D eigenvalue weighted by atomic mass is 33.1. The number of nitrogens with one attached hydrogen (secondary N) is 2. The van der Waals surface area contributed by atoms with Crippen molar-refractivity contribution in [3.8, 4) is 0 Å². The Labute approximate surface area is 82.9 Å². The van der Waals surface area contributed by atoms with E-state index >= 15 is 0 Å². The van der Waals surface area contributed by atoms with Crippen LogP contribution < -0.4 is 16.1 Å². The number of rotatable bonds is 3. The van der Waals surface area contributed by atoms with E-state index in [9.17, 15) is 0 Å². The molecule has 0 saturated carbocycles. The summed E-state index contributed by atoms with van der Waals surface area (Å²) in [7, 11) is 4.96. The van der Waals surface area contributed by atoms with E-state index in [0.717, 1.165) is 10.1 Å². The largest absolute Gasteiger partial charge is 0.492 e. The van der Waals surface area contributed by atoms with Crippen LogP contribution in [0.3, 0.4) is 0 Å². The average Bonchev–Trinajstić information content (AvgIpc) is 2.71. The first kappa shape index (κ1) is 8.73. The van der Waals surface area contributed by atoms with Crippen molar-refractivity contribution in [1.82, 2.24) is 31.4 Å². The second-order valence-corrected chi connectivity index (χ2v) is 4.44. The molecule has 1 aromatic heterocycles. The molecule has 0 fully saturated rings. The maximum atomic E-state index is 3.79. The Balaban J connectivity index is 1.81. The van der Waals surface area contributed by atoms with Crippen LogP contribution in [0.1, 0.15) is 0 Å². The summed E-state index contributed by atoms with van der Waals surface area (Å²) in [5, 5.41) is 14.5. The Kier molecular flexibility index (Phi) is 2.62. The number of nitrogens with zero attached hydrogens (tertiary/aromatic N) is 4. The average molecular weight is 215 g/mol. The number of aromatic nitrogens is 3. The molecule has 8 heteroatoms. The fourth-order valence-corrected chi connectivity index (χ4v) is 2.35. The van der Waals surface area contributed by atoms with Crippen LogP contribution >= 0.6 is 21.6 Å². The lowest BCUT2D eigenvalue weighted by Gasteiger charge is -2.09. The molecule has 70 valence electrons. The summed E-state index contributed by atoms with van der Waals surface area (Å²) >= 11 is 0. The van der Waals surface area contributed by atoms with Gasteiger partial charge < -0.3 is 20.8 Å². The minimum absolute atomic E-state index is 0.808. The van der Waals surface area contributed by atoms with Crippen molar-refractivity contribution < 1.29 is 0 Å². The first-order valence-corrected chi connectivity index (χ1v) is 5.62. The molecular weight excluding hydrogens is 208 g/mol. The van der Waals surface area contributed by atoms with Gasteiger partial charge in [0.05, 0.1) is 0 Å². The zero-order valence-electron chi connectivity index (χ0n) is 6.76. The summed E-state index contributed by atoms with van der Waals surface area (Å²) in [6.07, 6.45) is 3.51. The zero-order valence-corrected chi connectivity index (χ0v) is 8.39. The molecule has 0 amide bonds. The molecule has 0 atom stereocenters. The molecule has 1 aliphatic rings. The SMILES string of the molecule is CN1NC=C(SSc2cn[n-]n2)N1. The van der Waals surface area contributed by atoms with E-state index in [1.807, 2.05) is 13.2 Å². The molecule has 0 saturated heterocycles. The van der Waals surface area contributed by atoms with Crippen molar-refractivity contribution in [2.75, 3.05) is 7.05 Å². The van der Waals surface area contributed by atoms with Gasteiger partial charge in [0.25, 0.3) is 0 Å². The highest BCUT2D eigenvalue weighted by Crippen LogP contribution is 2.34. The Morgan fingerprint density at radius 1 is 1.54 bits per heavy atom. The smallest absolute Gasteiger partial charge is 0.113 e. The fraction of sp³-hybridized carbons (Fsp3) is 0.200. The second kappa shape index (κ2) is 3.90. The van der Waals surface area contributed by atoms with Crippen molar-refractivity contribution in [2.24, 2.45) is 0 Å². The topological polar surface area (TPSA) is 67.2 Å². The number of hydrazine groups is 2. The molecule has 1 aliphatic heterocycles. The van der Waals surface area contributed by atoms with Gasteiger partial charge in [-0.15, -0.1) is 5.12 Å². The summed E-state index contributed by atoms with van der Waals surface area (Å²) in [5.41, 5.74) is 6.05. The minimum Gasteiger partial charge on any atom is -0.492 e. The molecule has 0 aromatic carbocycles. The van der Waals surface area contributed by atoms with E-state index < -0.39 is 0 Å². The van der Waals surface area contributed by atoms with Gasteiger partial charge in [-0.2, -0.15) is 0 Å². The van der Waals surface area contributed by atoms with Gasteiger partial charge >= 0.3 is 0 Å². The van der Waals surface area contributed by atoms with Gasteiger partial charge in [-0.25, -0.2) is 0 Å². The Morgan fingerprint density at radius 3 is 3.08 bits per heavy atom. The van der Waals surface area contributed by atoms with Gasteiger partial charge in [-0.1, -0.05) is 0 Å². The molecule has 1 aromatic rings. The lowest BCUT2D eigenvalue weighted by atomic mass is 11.0. The van der Waals surface area contributed by atoms with Crippen molar-refractivity contribution in [2.45, 2.75) is 5.03 Å². The minimum atomic E-state index is 0.808. The Hall–Kier alpha value is -0.860. The molecule has 13 heavy (non-hydrogen) atoms. The van der Waals surface area contributed by atoms with Gasteiger partial charge in [0.1, 0.15) is 10.1 Å². The quantitative estimate of drug-likeness (QED) is 0.679. The molecule has 0 unspecified atom stereocenters. The lowest BCUT2D eigenvalue weighted by Crippen LogP contribution is -2.34. The predicted molar refractivity (Wildman–Crippen MR) is 50.9 cm³/mol. The van der Waals surface area contributed by atoms with Gasteiger partial charge in [-0.05, 0) is 21.6 Å². The molecule has 6 nitrogen and oxygen atoms in total. The zero-order chi connectivity index (χ0) is 9.10. The van der Waals surface area contributed by atoms with Crippen LogP contribution in [-0.4, -0.2) is 22.4 Å². The highest BCUT2D eigenvalue weighted by molar-refractivity contribution is 8.78. The molecule has 2 rings (SSSR count). The van der Waals surface area contributed by atoms with Crippen LogP contribution in [0.5, 0.6) is 0 Å².